The van der Waals surface area contributed by atoms with Crippen LogP contribution < -0.4 is 9.47 Å². The number of benzene rings is 3. The Kier molecular flexibility index (Phi) is 9.53. The van der Waals surface area contributed by atoms with E-state index in [1.165, 1.54) is 0 Å². The van der Waals surface area contributed by atoms with Crippen molar-refractivity contribution in [3.8, 4) is 11.5 Å². The smallest absolute Gasteiger partial charge is 0.307 e. The highest BCUT2D eigenvalue weighted by atomic mass is 32.3. The highest BCUT2D eigenvalue weighted by Crippen LogP contribution is 2.70. The summed E-state index contributed by atoms with van der Waals surface area (Å²) in [6.07, 6.45) is 8.52. The second-order valence-electron chi connectivity index (χ2n) is 10.9. The summed E-state index contributed by atoms with van der Waals surface area (Å²) in [4.78, 5) is 6.41. The van der Waals surface area contributed by atoms with E-state index in [-0.39, 0.29) is 17.5 Å². The molecule has 4 aromatic rings. The molecule has 0 radical (unpaired) electrons. The molecule has 6 rings (SSSR count). The van der Waals surface area contributed by atoms with Crippen molar-refractivity contribution in [2.45, 2.75) is 77.6 Å². The zero-order valence-electron chi connectivity index (χ0n) is 24.7. The lowest BCUT2D eigenvalue weighted by Crippen LogP contribution is -2.25. The SMILES string of the molecule is Cc1ccc(S(=O)(=O)OS(c2ccc(OC3CCCCO3)cc2)(c2ccc(OC3CCCCO3)cc2)c2cccnc2)cc1. The van der Waals surface area contributed by atoms with Crippen LogP contribution >= 0.6 is 10.3 Å². The van der Waals surface area contributed by atoms with Gasteiger partial charge in [0.2, 0.25) is 0 Å². The van der Waals surface area contributed by atoms with E-state index in [9.17, 15) is 8.42 Å². The first-order valence-corrected chi connectivity index (χ1v) is 17.9. The number of nitrogens with zero attached hydrogens (tertiary/aromatic N) is 1. The Morgan fingerprint density at radius 1 is 0.659 bits per heavy atom. The van der Waals surface area contributed by atoms with Gasteiger partial charge in [0.05, 0.1) is 18.1 Å². The highest BCUT2D eigenvalue weighted by molar-refractivity contribution is 8.33. The Hall–Kier alpha value is -3.41. The van der Waals surface area contributed by atoms with Gasteiger partial charge in [0.25, 0.3) is 0 Å². The van der Waals surface area contributed by atoms with Crippen LogP contribution in [-0.2, 0) is 23.2 Å². The van der Waals surface area contributed by atoms with Gasteiger partial charge in [-0.15, -0.1) is 0 Å². The van der Waals surface area contributed by atoms with Crippen LogP contribution in [0.15, 0.2) is 117 Å². The minimum atomic E-state index is -4.24. The van der Waals surface area contributed by atoms with Gasteiger partial charge in [0.1, 0.15) is 11.5 Å². The molecule has 2 atom stereocenters. The molecule has 8 nitrogen and oxygen atoms in total. The molecule has 44 heavy (non-hydrogen) atoms. The van der Waals surface area contributed by atoms with Crippen LogP contribution in [0.5, 0.6) is 11.5 Å². The Morgan fingerprint density at radius 2 is 1.18 bits per heavy atom. The number of pyridine rings is 1. The predicted molar refractivity (Wildman–Crippen MR) is 167 cm³/mol. The summed E-state index contributed by atoms with van der Waals surface area (Å²) in [5.74, 6) is 1.27. The topological polar surface area (TPSA) is 93.2 Å². The molecule has 2 saturated heterocycles. The van der Waals surface area contributed by atoms with Crippen LogP contribution in [0, 0.1) is 6.92 Å². The molecule has 232 valence electrons. The molecular weight excluding hydrogens is 599 g/mol. The molecule has 0 amide bonds. The van der Waals surface area contributed by atoms with Crippen molar-refractivity contribution >= 4 is 20.4 Å². The Balaban J connectivity index is 1.43. The van der Waals surface area contributed by atoms with Crippen molar-refractivity contribution < 1.29 is 31.0 Å². The Morgan fingerprint density at radius 3 is 1.64 bits per heavy atom. The molecule has 2 aliphatic heterocycles. The van der Waals surface area contributed by atoms with E-state index < -0.39 is 20.4 Å². The summed E-state index contributed by atoms with van der Waals surface area (Å²) in [6.45, 7) is 3.26. The van der Waals surface area contributed by atoms with Gasteiger partial charge < -0.3 is 18.9 Å². The molecule has 3 aromatic carbocycles. The number of aromatic nitrogens is 1. The van der Waals surface area contributed by atoms with E-state index in [2.05, 4.69) is 4.98 Å². The van der Waals surface area contributed by atoms with E-state index in [1.807, 2.05) is 61.5 Å². The maximum atomic E-state index is 14.0. The van der Waals surface area contributed by atoms with Crippen molar-refractivity contribution in [3.05, 3.63) is 103 Å². The average Bonchev–Trinajstić information content (AvgIpc) is 3.06. The molecule has 2 unspecified atom stereocenters. The van der Waals surface area contributed by atoms with E-state index in [4.69, 9.17) is 22.6 Å². The summed E-state index contributed by atoms with van der Waals surface area (Å²) in [5.41, 5.74) is 0.949. The first kappa shape index (κ1) is 30.6. The van der Waals surface area contributed by atoms with Gasteiger partial charge in [-0.25, -0.2) is 3.63 Å². The van der Waals surface area contributed by atoms with E-state index >= 15 is 0 Å². The fourth-order valence-electron chi connectivity index (χ4n) is 5.25. The molecule has 2 aliphatic rings. The van der Waals surface area contributed by atoms with Gasteiger partial charge in [0.15, 0.2) is 12.6 Å². The number of rotatable bonds is 10. The molecule has 10 heteroatoms. The Labute approximate surface area is 260 Å². The molecule has 2 fully saturated rings. The largest absolute Gasteiger partial charge is 0.465 e. The van der Waals surface area contributed by atoms with Gasteiger partial charge in [0, 0.05) is 39.9 Å². The first-order chi connectivity index (χ1) is 21.4. The monoisotopic (exact) mass is 635 g/mol. The van der Waals surface area contributed by atoms with E-state index in [0.29, 0.717) is 39.4 Å². The van der Waals surface area contributed by atoms with Gasteiger partial charge >= 0.3 is 10.1 Å². The molecule has 1 aromatic heterocycles. The zero-order valence-corrected chi connectivity index (χ0v) is 26.3. The maximum Gasteiger partial charge on any atom is 0.307 e. The van der Waals surface area contributed by atoms with Crippen molar-refractivity contribution in [2.75, 3.05) is 13.2 Å². The zero-order chi connectivity index (χ0) is 30.4. The summed E-state index contributed by atoms with van der Waals surface area (Å²) in [6, 6.07) is 25.1. The first-order valence-electron chi connectivity index (χ1n) is 15.0. The number of aryl methyl sites for hydroxylation is 1. The number of ether oxygens (including phenoxy) is 4. The molecule has 0 spiro atoms. The second-order valence-corrected chi connectivity index (χ2v) is 15.3. The number of hydrogen-bond donors (Lipinski definition) is 0. The normalized spacial score (nSPS) is 21.1. The average molecular weight is 636 g/mol. The number of hydrogen-bond acceptors (Lipinski definition) is 8. The summed E-state index contributed by atoms with van der Waals surface area (Å²) in [7, 11) is -7.11. The predicted octanol–water partition coefficient (Wildman–Crippen LogP) is 7.80. The van der Waals surface area contributed by atoms with Crippen LogP contribution in [0.25, 0.3) is 0 Å². The lowest BCUT2D eigenvalue weighted by molar-refractivity contribution is -0.106. The van der Waals surface area contributed by atoms with Gasteiger partial charge in [-0.1, -0.05) is 17.7 Å². The lowest BCUT2D eigenvalue weighted by atomic mass is 10.2. The molecular formula is C34H37NO7S2. The summed E-state index contributed by atoms with van der Waals surface area (Å²) in [5, 5.41) is 0. The standard InChI is InChI=1S/C34H37NO7S2/c1-26-10-16-31(17-11-26)44(36,37)42-43(32-7-6-22-35-25-32,29-18-12-27(13-19-29)40-33-8-2-4-23-38-33)30-20-14-28(15-21-30)41-34-9-3-5-24-39-34/h6-7,10-22,25,33-34H,2-5,8-9,23-24H2,1H3. The highest BCUT2D eigenvalue weighted by Gasteiger charge is 2.39. The van der Waals surface area contributed by atoms with Crippen molar-refractivity contribution in [3.63, 3.8) is 0 Å². The molecule has 0 N–H and O–H groups in total. The third kappa shape index (κ3) is 6.95. The molecule has 0 saturated carbocycles. The third-order valence-corrected chi connectivity index (χ3v) is 12.7. The summed E-state index contributed by atoms with van der Waals surface area (Å²) < 4.78 is 58.2. The van der Waals surface area contributed by atoms with Crippen LogP contribution in [0.4, 0.5) is 0 Å². The van der Waals surface area contributed by atoms with Crippen molar-refractivity contribution in [2.24, 2.45) is 0 Å². The Bertz CT molecular complexity index is 1540. The van der Waals surface area contributed by atoms with Gasteiger partial charge in [-0.05, 0) is 116 Å². The van der Waals surface area contributed by atoms with Crippen molar-refractivity contribution in [1.82, 2.24) is 4.98 Å². The van der Waals surface area contributed by atoms with Gasteiger partial charge in [-0.2, -0.15) is 8.42 Å². The van der Waals surface area contributed by atoms with E-state index in [1.54, 1.807) is 42.7 Å². The van der Waals surface area contributed by atoms with Crippen LogP contribution in [0.2, 0.25) is 0 Å². The maximum absolute atomic E-state index is 14.0. The molecule has 0 bridgehead atoms. The second kappa shape index (κ2) is 13.7. The quantitative estimate of drug-likeness (QED) is 0.174. The fraction of sp³-hybridized carbons (Fsp3) is 0.324. The van der Waals surface area contributed by atoms with Crippen LogP contribution in [0.1, 0.15) is 44.1 Å². The fourth-order valence-corrected chi connectivity index (χ4v) is 10.4. The van der Waals surface area contributed by atoms with Crippen LogP contribution in [-0.4, -0.2) is 39.2 Å². The van der Waals surface area contributed by atoms with E-state index in [0.717, 1.165) is 44.1 Å². The minimum Gasteiger partial charge on any atom is -0.465 e. The van der Waals surface area contributed by atoms with Crippen LogP contribution in [0.3, 0.4) is 0 Å². The lowest BCUT2D eigenvalue weighted by Gasteiger charge is -2.39. The molecule has 3 heterocycles. The summed E-state index contributed by atoms with van der Waals surface area (Å²) >= 11 is 0. The van der Waals surface area contributed by atoms with Crippen molar-refractivity contribution in [1.29, 1.82) is 0 Å². The van der Waals surface area contributed by atoms with Gasteiger partial charge in [-0.3, -0.25) is 4.98 Å². The third-order valence-electron chi connectivity index (χ3n) is 7.59. The molecule has 0 aliphatic carbocycles. The minimum absolute atomic E-state index is 0.0765.